The van der Waals surface area contributed by atoms with Gasteiger partial charge in [-0.2, -0.15) is 0 Å². The van der Waals surface area contributed by atoms with Gasteiger partial charge in [-0.3, -0.25) is 0 Å². The molecule has 1 aromatic rings. The zero-order chi connectivity index (χ0) is 11.5. The van der Waals surface area contributed by atoms with Crippen molar-refractivity contribution in [3.05, 3.63) is 29.8 Å². The van der Waals surface area contributed by atoms with E-state index in [0.29, 0.717) is 5.75 Å². The molecular formula is C11H14O3S. The number of carbonyl (C=O) groups is 1. The van der Waals surface area contributed by atoms with Gasteiger partial charge in [-0.05, 0) is 32.9 Å². The molecule has 0 fully saturated rings. The second-order valence-corrected chi connectivity index (χ2v) is 5.64. The van der Waals surface area contributed by atoms with E-state index in [9.17, 15) is 4.79 Å². The molecule has 0 aromatic heterocycles. The molecule has 0 aliphatic heterocycles. The maximum atomic E-state index is 10.9. The van der Waals surface area contributed by atoms with Gasteiger partial charge in [0.25, 0.3) is 0 Å². The van der Waals surface area contributed by atoms with Gasteiger partial charge in [-0.25, -0.2) is 4.79 Å². The Labute approximate surface area is 93.7 Å². The van der Waals surface area contributed by atoms with Crippen LogP contribution < -0.4 is 4.18 Å². The molecule has 0 spiro atoms. The normalized spacial score (nSPS) is 11.1. The predicted molar refractivity (Wildman–Crippen MR) is 61.4 cm³/mol. The third-order valence-corrected chi connectivity index (χ3v) is 2.26. The fourth-order valence-corrected chi connectivity index (χ4v) is 1.37. The Morgan fingerprint density at radius 1 is 1.33 bits per heavy atom. The van der Waals surface area contributed by atoms with Crippen molar-refractivity contribution in [3.63, 3.8) is 0 Å². The average molecular weight is 226 g/mol. The largest absolute Gasteiger partial charge is 0.478 e. The van der Waals surface area contributed by atoms with Crippen LogP contribution in [0.15, 0.2) is 24.3 Å². The van der Waals surface area contributed by atoms with E-state index in [1.54, 1.807) is 18.2 Å². The van der Waals surface area contributed by atoms with Crippen molar-refractivity contribution in [2.24, 2.45) is 0 Å². The zero-order valence-electron chi connectivity index (χ0n) is 8.98. The Kier molecular flexibility index (Phi) is 3.63. The molecule has 0 radical (unpaired) electrons. The van der Waals surface area contributed by atoms with Gasteiger partial charge in [0.15, 0.2) is 5.75 Å². The average Bonchev–Trinajstić information content (AvgIpc) is 2.14. The first-order chi connectivity index (χ1) is 6.90. The molecule has 3 nitrogen and oxygen atoms in total. The number of benzene rings is 1. The maximum absolute atomic E-state index is 10.9. The fraction of sp³-hybridized carbons (Fsp3) is 0.364. The first kappa shape index (κ1) is 11.9. The van der Waals surface area contributed by atoms with E-state index in [1.165, 1.54) is 18.1 Å². The number of para-hydroxylation sites is 1. The standard InChI is InChI=1S/C11H14O3S/c1-11(2,3)15-14-9-7-5-4-6-8(9)10(12)13/h4-7H,1-3H3,(H,12,13). The van der Waals surface area contributed by atoms with Crippen LogP contribution in [-0.2, 0) is 0 Å². The van der Waals surface area contributed by atoms with Crippen LogP contribution in [0.25, 0.3) is 0 Å². The third kappa shape index (κ3) is 3.83. The van der Waals surface area contributed by atoms with Crippen molar-refractivity contribution in [2.75, 3.05) is 0 Å². The molecule has 0 amide bonds. The van der Waals surface area contributed by atoms with Gasteiger partial charge in [0.05, 0.1) is 12.0 Å². The Hall–Kier alpha value is -1.16. The first-order valence-electron chi connectivity index (χ1n) is 4.58. The summed E-state index contributed by atoms with van der Waals surface area (Å²) in [6.45, 7) is 6.00. The monoisotopic (exact) mass is 226 g/mol. The number of hydrogen-bond acceptors (Lipinski definition) is 3. The van der Waals surface area contributed by atoms with Gasteiger partial charge >= 0.3 is 5.97 Å². The first-order valence-corrected chi connectivity index (χ1v) is 5.32. The van der Waals surface area contributed by atoms with Gasteiger partial charge in [-0.15, -0.1) is 0 Å². The number of hydrogen-bond donors (Lipinski definition) is 1. The molecule has 1 aromatic carbocycles. The minimum atomic E-state index is -0.972. The van der Waals surface area contributed by atoms with Gasteiger partial charge in [0.1, 0.15) is 5.56 Å². The molecule has 15 heavy (non-hydrogen) atoms. The Bertz CT molecular complexity index is 355. The summed E-state index contributed by atoms with van der Waals surface area (Å²) < 4.78 is 5.33. The lowest BCUT2D eigenvalue weighted by Crippen LogP contribution is -2.10. The van der Waals surface area contributed by atoms with Crippen LogP contribution in [0.1, 0.15) is 31.1 Å². The number of rotatable bonds is 3. The van der Waals surface area contributed by atoms with Crippen molar-refractivity contribution >= 4 is 18.0 Å². The van der Waals surface area contributed by atoms with E-state index < -0.39 is 5.97 Å². The van der Waals surface area contributed by atoms with E-state index in [0.717, 1.165) is 0 Å². The highest BCUT2D eigenvalue weighted by atomic mass is 32.2. The zero-order valence-corrected chi connectivity index (χ0v) is 9.80. The SMILES string of the molecule is CC(C)(C)SOc1ccccc1C(=O)O. The summed E-state index contributed by atoms with van der Waals surface area (Å²) in [5.74, 6) is -0.579. The van der Waals surface area contributed by atoms with Crippen molar-refractivity contribution in [1.82, 2.24) is 0 Å². The highest BCUT2D eigenvalue weighted by Crippen LogP contribution is 2.29. The predicted octanol–water partition coefficient (Wildman–Crippen LogP) is 3.21. The summed E-state index contributed by atoms with van der Waals surface area (Å²) in [5, 5.41) is 8.91. The van der Waals surface area contributed by atoms with Gasteiger partial charge in [0.2, 0.25) is 0 Å². The molecule has 0 saturated carbocycles. The lowest BCUT2D eigenvalue weighted by atomic mass is 10.2. The Balaban J connectivity index is 2.81. The van der Waals surface area contributed by atoms with E-state index in [4.69, 9.17) is 9.29 Å². The molecule has 0 aliphatic carbocycles. The quantitative estimate of drug-likeness (QED) is 0.804. The lowest BCUT2D eigenvalue weighted by Gasteiger charge is -2.17. The van der Waals surface area contributed by atoms with Crippen LogP contribution in [0.3, 0.4) is 0 Å². The van der Waals surface area contributed by atoms with Crippen LogP contribution in [0.2, 0.25) is 0 Å². The molecule has 0 unspecified atom stereocenters. The fourth-order valence-electron chi connectivity index (χ4n) is 0.886. The van der Waals surface area contributed by atoms with Gasteiger partial charge in [-0.1, -0.05) is 12.1 Å². The highest BCUT2D eigenvalue weighted by Gasteiger charge is 2.16. The third-order valence-electron chi connectivity index (χ3n) is 1.50. The maximum Gasteiger partial charge on any atom is 0.339 e. The van der Waals surface area contributed by atoms with E-state index in [1.807, 2.05) is 20.8 Å². The molecular weight excluding hydrogens is 212 g/mol. The summed E-state index contributed by atoms with van der Waals surface area (Å²) in [7, 11) is 0. The molecule has 82 valence electrons. The van der Waals surface area contributed by atoms with Crippen molar-refractivity contribution in [1.29, 1.82) is 0 Å². The minimum absolute atomic E-state index is 0.0639. The van der Waals surface area contributed by atoms with Crippen LogP contribution in [0, 0.1) is 0 Å². The minimum Gasteiger partial charge on any atom is -0.478 e. The summed E-state index contributed by atoms with van der Waals surface area (Å²) in [5.41, 5.74) is 0.189. The Morgan fingerprint density at radius 3 is 2.47 bits per heavy atom. The van der Waals surface area contributed by atoms with Crippen LogP contribution in [0.4, 0.5) is 0 Å². The number of carboxylic acid groups (broad SMARTS) is 1. The van der Waals surface area contributed by atoms with Gasteiger partial charge < -0.3 is 9.29 Å². The van der Waals surface area contributed by atoms with Crippen molar-refractivity contribution in [3.8, 4) is 5.75 Å². The van der Waals surface area contributed by atoms with Crippen molar-refractivity contribution < 1.29 is 14.1 Å². The summed E-state index contributed by atoms with van der Waals surface area (Å²) in [6.07, 6.45) is 0. The van der Waals surface area contributed by atoms with E-state index in [-0.39, 0.29) is 10.3 Å². The molecule has 4 heteroatoms. The molecule has 0 atom stereocenters. The summed E-state index contributed by atoms with van der Waals surface area (Å²) >= 11 is 1.25. The highest BCUT2D eigenvalue weighted by molar-refractivity contribution is 7.96. The van der Waals surface area contributed by atoms with Crippen LogP contribution in [-0.4, -0.2) is 15.8 Å². The van der Waals surface area contributed by atoms with E-state index >= 15 is 0 Å². The van der Waals surface area contributed by atoms with E-state index in [2.05, 4.69) is 0 Å². The molecule has 1 rings (SSSR count). The van der Waals surface area contributed by atoms with Crippen LogP contribution in [0.5, 0.6) is 5.75 Å². The molecule has 0 saturated heterocycles. The molecule has 0 heterocycles. The summed E-state index contributed by atoms with van der Waals surface area (Å²) in [6, 6.07) is 6.62. The second kappa shape index (κ2) is 4.57. The second-order valence-electron chi connectivity index (χ2n) is 4.08. The smallest absolute Gasteiger partial charge is 0.339 e. The number of aromatic carboxylic acids is 1. The molecule has 1 N–H and O–H groups in total. The summed E-state index contributed by atoms with van der Waals surface area (Å²) in [4.78, 5) is 10.9. The van der Waals surface area contributed by atoms with Crippen molar-refractivity contribution in [2.45, 2.75) is 25.5 Å². The van der Waals surface area contributed by atoms with Gasteiger partial charge in [0, 0.05) is 4.75 Å². The van der Waals surface area contributed by atoms with Crippen LogP contribution >= 0.6 is 12.0 Å². The lowest BCUT2D eigenvalue weighted by molar-refractivity contribution is 0.0695. The Morgan fingerprint density at radius 2 is 1.93 bits per heavy atom. The topological polar surface area (TPSA) is 46.5 Å². The number of carboxylic acids is 1. The molecule has 0 bridgehead atoms. The molecule has 0 aliphatic rings.